The number of hydrogen-bond donors (Lipinski definition) is 0. The van der Waals surface area contributed by atoms with Crippen LogP contribution in [0.4, 0.5) is 0 Å². The summed E-state index contributed by atoms with van der Waals surface area (Å²) >= 11 is 0.291. The summed E-state index contributed by atoms with van der Waals surface area (Å²) in [6, 6.07) is 10.2. The summed E-state index contributed by atoms with van der Waals surface area (Å²) in [5.74, 6) is 0. The SMILES string of the molecule is O=CC(OP)[C@@H](OP)[C@@H](C[Se]Cc1ccccc1)P=O. The Labute approximate surface area is 131 Å². The van der Waals surface area contributed by atoms with Gasteiger partial charge < -0.3 is 0 Å². The van der Waals surface area contributed by atoms with Crippen LogP contribution in [0, 0.1) is 0 Å². The molecule has 0 heterocycles. The second-order valence-electron chi connectivity index (χ2n) is 4.01. The van der Waals surface area contributed by atoms with Crippen molar-refractivity contribution in [2.24, 2.45) is 0 Å². The molecule has 0 radical (unpaired) electrons. The summed E-state index contributed by atoms with van der Waals surface area (Å²) in [5.41, 5.74) is 1.03. The van der Waals surface area contributed by atoms with Crippen molar-refractivity contribution >= 4 is 48.6 Å². The Morgan fingerprint density at radius 2 is 1.95 bits per heavy atom. The molecule has 0 bridgehead atoms. The van der Waals surface area contributed by atoms with E-state index in [1.807, 2.05) is 27.7 Å². The quantitative estimate of drug-likeness (QED) is 0.346. The minimum absolute atomic E-state index is 0.0213. The van der Waals surface area contributed by atoms with E-state index in [-0.39, 0.29) is 14.1 Å². The van der Waals surface area contributed by atoms with Crippen LogP contribution in [-0.2, 0) is 23.7 Å². The van der Waals surface area contributed by atoms with E-state index in [0.717, 1.165) is 10.6 Å². The zero-order valence-electron chi connectivity index (χ0n) is 10.8. The van der Waals surface area contributed by atoms with Gasteiger partial charge in [0.1, 0.15) is 0 Å². The minimum atomic E-state index is -0.725. The van der Waals surface area contributed by atoms with Crippen molar-refractivity contribution in [2.45, 2.75) is 28.5 Å². The summed E-state index contributed by atoms with van der Waals surface area (Å²) < 4.78 is 21.5. The van der Waals surface area contributed by atoms with Gasteiger partial charge in [0.15, 0.2) is 0 Å². The number of aldehydes is 1. The van der Waals surface area contributed by atoms with E-state index in [0.29, 0.717) is 21.2 Å². The molecule has 0 saturated heterocycles. The normalized spacial score (nSPS) is 15.7. The van der Waals surface area contributed by atoms with Crippen LogP contribution in [0.1, 0.15) is 5.56 Å². The first-order valence-electron chi connectivity index (χ1n) is 5.87. The van der Waals surface area contributed by atoms with Gasteiger partial charge in [0, 0.05) is 0 Å². The van der Waals surface area contributed by atoms with E-state index < -0.39 is 12.2 Å². The Kier molecular flexibility index (Phi) is 10.0. The fraction of sp³-hybridized carbons (Fsp3) is 0.417. The fourth-order valence-electron chi connectivity index (χ4n) is 1.63. The molecule has 20 heavy (non-hydrogen) atoms. The van der Waals surface area contributed by atoms with Crippen LogP contribution in [0.5, 0.6) is 0 Å². The van der Waals surface area contributed by atoms with Crippen LogP contribution in [-0.4, -0.2) is 39.1 Å². The van der Waals surface area contributed by atoms with E-state index in [1.54, 1.807) is 0 Å². The first-order chi connectivity index (χ1) is 9.76. The average molecular weight is 397 g/mol. The van der Waals surface area contributed by atoms with E-state index in [1.165, 1.54) is 5.56 Å². The Morgan fingerprint density at radius 3 is 2.45 bits per heavy atom. The van der Waals surface area contributed by atoms with Crippen LogP contribution in [0.2, 0.25) is 5.32 Å². The van der Waals surface area contributed by atoms with Crippen LogP contribution in [0.15, 0.2) is 30.3 Å². The molecule has 3 unspecified atom stereocenters. The molecular weight excluding hydrogens is 380 g/mol. The summed E-state index contributed by atoms with van der Waals surface area (Å²) in [5, 5.41) is 1.72. The van der Waals surface area contributed by atoms with Crippen molar-refractivity contribution in [3.8, 4) is 0 Å². The van der Waals surface area contributed by atoms with Gasteiger partial charge >= 0.3 is 131 Å². The molecule has 0 aliphatic heterocycles. The van der Waals surface area contributed by atoms with Gasteiger partial charge in [-0.15, -0.1) is 0 Å². The Morgan fingerprint density at radius 1 is 1.25 bits per heavy atom. The monoisotopic (exact) mass is 398 g/mol. The second-order valence-corrected chi connectivity index (χ2v) is 7.59. The molecule has 0 aliphatic rings. The summed E-state index contributed by atoms with van der Waals surface area (Å²) in [6.45, 7) is 0. The van der Waals surface area contributed by atoms with Gasteiger partial charge in [-0.1, -0.05) is 0 Å². The topological polar surface area (TPSA) is 52.6 Å². The van der Waals surface area contributed by atoms with Crippen LogP contribution < -0.4 is 0 Å². The molecule has 0 fully saturated rings. The summed E-state index contributed by atoms with van der Waals surface area (Å²) in [4.78, 5) is 10.9. The molecule has 1 aromatic carbocycles. The average Bonchev–Trinajstić information content (AvgIpc) is 2.51. The van der Waals surface area contributed by atoms with Gasteiger partial charge in [-0.3, -0.25) is 0 Å². The maximum atomic E-state index is 11.3. The van der Waals surface area contributed by atoms with Crippen molar-refractivity contribution in [1.29, 1.82) is 0 Å². The number of rotatable bonds is 10. The summed E-state index contributed by atoms with van der Waals surface area (Å²) in [7, 11) is 4.15. The number of carbonyl (C=O) groups is 1. The molecule has 1 rings (SSSR count). The van der Waals surface area contributed by atoms with Gasteiger partial charge in [0.25, 0.3) is 0 Å². The molecule has 0 spiro atoms. The fourth-order valence-corrected chi connectivity index (χ4v) is 5.73. The molecule has 4 nitrogen and oxygen atoms in total. The Balaban J connectivity index is 2.52. The van der Waals surface area contributed by atoms with Crippen LogP contribution in [0.25, 0.3) is 0 Å². The maximum absolute atomic E-state index is 11.3. The standard InChI is InChI=1S/C12H17O4P3Se/c13-6-10(15-17)12(16-18)11(19-14)8-20-7-9-4-2-1-3-5-9/h1-6,10-12H,7-8,17-18H2/t10?,11-,12-/m1/s1. The van der Waals surface area contributed by atoms with E-state index >= 15 is 0 Å². The van der Waals surface area contributed by atoms with Gasteiger partial charge in [0.2, 0.25) is 0 Å². The van der Waals surface area contributed by atoms with Crippen molar-refractivity contribution < 1.29 is 18.4 Å². The van der Waals surface area contributed by atoms with Gasteiger partial charge in [-0.25, -0.2) is 0 Å². The van der Waals surface area contributed by atoms with Crippen molar-refractivity contribution in [1.82, 2.24) is 0 Å². The second kappa shape index (κ2) is 10.9. The molecule has 0 aliphatic carbocycles. The number of carbonyl (C=O) groups excluding carboxylic acids is 1. The molecule has 110 valence electrons. The Bertz CT molecular complexity index is 407. The molecular formula is C12H17O4P3Se. The number of benzene rings is 1. The molecule has 8 heteroatoms. The third-order valence-electron chi connectivity index (χ3n) is 2.69. The zero-order valence-corrected chi connectivity index (χ0v) is 15.7. The van der Waals surface area contributed by atoms with Gasteiger partial charge in [0.05, 0.1) is 0 Å². The molecule has 0 aromatic heterocycles. The Hall–Kier alpha value is 0.289. The van der Waals surface area contributed by atoms with Crippen LogP contribution in [0.3, 0.4) is 0 Å². The molecule has 0 saturated carbocycles. The predicted molar refractivity (Wildman–Crippen MR) is 87.3 cm³/mol. The zero-order chi connectivity index (χ0) is 14.8. The first-order valence-corrected chi connectivity index (χ1v) is 10.1. The third kappa shape index (κ3) is 5.96. The van der Waals surface area contributed by atoms with Crippen molar-refractivity contribution in [3.05, 3.63) is 35.9 Å². The van der Waals surface area contributed by atoms with Crippen LogP contribution >= 0.6 is 27.4 Å². The van der Waals surface area contributed by atoms with E-state index in [9.17, 15) is 9.36 Å². The van der Waals surface area contributed by atoms with E-state index in [2.05, 4.69) is 21.6 Å². The molecule has 0 amide bonds. The predicted octanol–water partition coefficient (Wildman–Crippen LogP) is 2.52. The van der Waals surface area contributed by atoms with Gasteiger partial charge in [-0.05, 0) is 0 Å². The molecule has 5 atom stereocenters. The first kappa shape index (κ1) is 18.3. The number of hydrogen-bond acceptors (Lipinski definition) is 4. The molecule has 1 aromatic rings. The van der Waals surface area contributed by atoms with Crippen molar-refractivity contribution in [3.63, 3.8) is 0 Å². The van der Waals surface area contributed by atoms with Crippen molar-refractivity contribution in [2.75, 3.05) is 0 Å². The summed E-state index contributed by atoms with van der Waals surface area (Å²) in [6.07, 6.45) is -0.576. The third-order valence-corrected chi connectivity index (χ3v) is 6.99. The van der Waals surface area contributed by atoms with Gasteiger partial charge in [-0.2, -0.15) is 0 Å². The molecule has 0 N–H and O–H groups in total. The van der Waals surface area contributed by atoms with E-state index in [4.69, 9.17) is 9.05 Å².